The Bertz CT molecular complexity index is 777. The summed E-state index contributed by atoms with van der Waals surface area (Å²) in [7, 11) is 0. The first-order valence-electron chi connectivity index (χ1n) is 5.71. The Morgan fingerprint density at radius 2 is 2.05 bits per heavy atom. The lowest BCUT2D eigenvalue weighted by Gasteiger charge is -2.01. The van der Waals surface area contributed by atoms with Crippen LogP contribution in [0.2, 0.25) is 0 Å². The van der Waals surface area contributed by atoms with Crippen LogP contribution in [0.5, 0.6) is 0 Å². The number of hydrogen-bond acceptors (Lipinski definition) is 4. The van der Waals surface area contributed by atoms with Crippen LogP contribution in [0.15, 0.2) is 41.0 Å². The van der Waals surface area contributed by atoms with E-state index in [1.807, 2.05) is 24.3 Å². The molecule has 0 radical (unpaired) electrons. The molecule has 0 saturated carbocycles. The molecule has 0 saturated heterocycles. The normalized spacial score (nSPS) is 10.8. The molecule has 0 bridgehead atoms. The van der Waals surface area contributed by atoms with Crippen LogP contribution in [-0.4, -0.2) is 21.0 Å². The third-order valence-electron chi connectivity index (χ3n) is 2.80. The van der Waals surface area contributed by atoms with E-state index in [-0.39, 0.29) is 5.69 Å². The molecule has 5 nitrogen and oxygen atoms in total. The first-order chi connectivity index (χ1) is 9.15. The number of hydrogen-bond donors (Lipinski definition) is 1. The van der Waals surface area contributed by atoms with Gasteiger partial charge in [0.05, 0.1) is 5.56 Å². The number of para-hydroxylation sites is 1. The molecule has 5 heteroatoms. The van der Waals surface area contributed by atoms with E-state index in [9.17, 15) is 4.79 Å². The second-order valence-electron chi connectivity index (χ2n) is 4.17. The Morgan fingerprint density at radius 3 is 2.84 bits per heavy atom. The molecule has 0 fully saturated rings. The molecule has 0 aliphatic carbocycles. The standard InChI is InChI=1S/C14H10N2O3/c1-8-6-11(14(17)18)16-13(15-8)10-7-19-12-5-3-2-4-9(10)12/h2-7H,1H3,(H,17,18). The molecule has 0 spiro atoms. The fraction of sp³-hybridized carbons (Fsp3) is 0.0714. The van der Waals surface area contributed by atoms with Crippen LogP contribution in [-0.2, 0) is 0 Å². The molecule has 3 rings (SSSR count). The van der Waals surface area contributed by atoms with Crippen molar-refractivity contribution in [3.8, 4) is 11.4 Å². The minimum atomic E-state index is -1.07. The Balaban J connectivity index is 2.24. The predicted molar refractivity (Wildman–Crippen MR) is 68.9 cm³/mol. The fourth-order valence-electron chi connectivity index (χ4n) is 1.95. The number of rotatable bonds is 2. The summed E-state index contributed by atoms with van der Waals surface area (Å²) in [5.74, 6) is -0.707. The minimum absolute atomic E-state index is 0.0206. The first-order valence-corrected chi connectivity index (χ1v) is 5.71. The monoisotopic (exact) mass is 254 g/mol. The number of aromatic carboxylic acids is 1. The molecule has 94 valence electrons. The van der Waals surface area contributed by atoms with Crippen molar-refractivity contribution in [2.75, 3.05) is 0 Å². The Kier molecular flexibility index (Phi) is 2.52. The van der Waals surface area contributed by atoms with E-state index in [0.717, 1.165) is 11.0 Å². The van der Waals surface area contributed by atoms with Crippen LogP contribution < -0.4 is 0 Å². The molecule has 1 N–H and O–H groups in total. The van der Waals surface area contributed by atoms with Crippen LogP contribution in [0, 0.1) is 6.92 Å². The highest BCUT2D eigenvalue weighted by molar-refractivity contribution is 5.93. The van der Waals surface area contributed by atoms with E-state index >= 15 is 0 Å². The van der Waals surface area contributed by atoms with Gasteiger partial charge in [-0.25, -0.2) is 14.8 Å². The molecule has 2 heterocycles. The van der Waals surface area contributed by atoms with Gasteiger partial charge in [-0.2, -0.15) is 0 Å². The topological polar surface area (TPSA) is 76.2 Å². The molecule has 2 aromatic heterocycles. The lowest BCUT2D eigenvalue weighted by Crippen LogP contribution is -2.04. The number of fused-ring (bicyclic) bond motifs is 1. The summed E-state index contributed by atoms with van der Waals surface area (Å²) in [5, 5.41) is 9.90. The zero-order valence-corrected chi connectivity index (χ0v) is 10.1. The molecular weight excluding hydrogens is 244 g/mol. The maximum absolute atomic E-state index is 11.0. The van der Waals surface area contributed by atoms with Gasteiger partial charge in [0.25, 0.3) is 0 Å². The summed E-state index contributed by atoms with van der Waals surface area (Å²) < 4.78 is 5.42. The van der Waals surface area contributed by atoms with Gasteiger partial charge in [0.2, 0.25) is 0 Å². The molecule has 0 aliphatic rings. The van der Waals surface area contributed by atoms with Gasteiger partial charge in [0.1, 0.15) is 11.8 Å². The van der Waals surface area contributed by atoms with Gasteiger partial charge in [-0.15, -0.1) is 0 Å². The first kappa shape index (κ1) is 11.4. The maximum atomic E-state index is 11.0. The molecule has 19 heavy (non-hydrogen) atoms. The van der Waals surface area contributed by atoms with Gasteiger partial charge in [0, 0.05) is 11.1 Å². The summed E-state index contributed by atoms with van der Waals surface area (Å²) >= 11 is 0. The fourth-order valence-corrected chi connectivity index (χ4v) is 1.95. The van der Waals surface area contributed by atoms with Crippen molar-refractivity contribution < 1.29 is 14.3 Å². The van der Waals surface area contributed by atoms with Crippen LogP contribution in [0.25, 0.3) is 22.4 Å². The number of aromatic nitrogens is 2. The largest absolute Gasteiger partial charge is 0.477 e. The van der Waals surface area contributed by atoms with Crippen molar-refractivity contribution in [1.29, 1.82) is 0 Å². The van der Waals surface area contributed by atoms with Gasteiger partial charge < -0.3 is 9.52 Å². The number of carboxylic acid groups (broad SMARTS) is 1. The molecular formula is C14H10N2O3. The highest BCUT2D eigenvalue weighted by Crippen LogP contribution is 2.28. The summed E-state index contributed by atoms with van der Waals surface area (Å²) in [5.41, 5.74) is 2.00. The van der Waals surface area contributed by atoms with Crippen molar-refractivity contribution in [2.45, 2.75) is 6.92 Å². The highest BCUT2D eigenvalue weighted by atomic mass is 16.4. The summed E-state index contributed by atoms with van der Waals surface area (Å²) in [6.45, 7) is 1.74. The smallest absolute Gasteiger partial charge is 0.354 e. The van der Waals surface area contributed by atoms with E-state index in [0.29, 0.717) is 17.1 Å². The van der Waals surface area contributed by atoms with E-state index in [4.69, 9.17) is 9.52 Å². The van der Waals surface area contributed by atoms with E-state index in [2.05, 4.69) is 9.97 Å². The number of furan rings is 1. The summed E-state index contributed by atoms with van der Waals surface area (Å²) in [6, 6.07) is 8.92. The van der Waals surface area contributed by atoms with Crippen LogP contribution in [0.3, 0.4) is 0 Å². The van der Waals surface area contributed by atoms with E-state index < -0.39 is 5.97 Å². The molecule has 1 aromatic carbocycles. The molecule has 0 unspecified atom stereocenters. The zero-order valence-electron chi connectivity index (χ0n) is 10.1. The quantitative estimate of drug-likeness (QED) is 0.760. The van der Waals surface area contributed by atoms with E-state index in [1.54, 1.807) is 13.2 Å². The Morgan fingerprint density at radius 1 is 1.26 bits per heavy atom. The van der Waals surface area contributed by atoms with Crippen LogP contribution >= 0.6 is 0 Å². The third kappa shape index (κ3) is 1.95. The number of carboxylic acids is 1. The lowest BCUT2D eigenvalue weighted by atomic mass is 10.1. The average Bonchev–Trinajstić information content (AvgIpc) is 2.81. The Labute approximate surface area is 108 Å². The van der Waals surface area contributed by atoms with E-state index in [1.165, 1.54) is 6.07 Å². The number of benzene rings is 1. The SMILES string of the molecule is Cc1cc(C(=O)O)nc(-c2coc3ccccc23)n1. The summed E-state index contributed by atoms with van der Waals surface area (Å²) in [4.78, 5) is 19.4. The predicted octanol–water partition coefficient (Wildman–Crippen LogP) is 2.90. The van der Waals surface area contributed by atoms with Gasteiger partial charge in [0.15, 0.2) is 11.5 Å². The van der Waals surface area contributed by atoms with Crippen LogP contribution in [0.1, 0.15) is 16.2 Å². The van der Waals surface area contributed by atoms with Crippen LogP contribution in [0.4, 0.5) is 0 Å². The van der Waals surface area contributed by atoms with Crippen molar-refractivity contribution in [1.82, 2.24) is 9.97 Å². The third-order valence-corrected chi connectivity index (χ3v) is 2.80. The van der Waals surface area contributed by atoms with Crippen molar-refractivity contribution in [3.63, 3.8) is 0 Å². The molecule has 0 amide bonds. The molecule has 3 aromatic rings. The number of carbonyl (C=O) groups is 1. The van der Waals surface area contributed by atoms with Crippen molar-refractivity contribution in [2.24, 2.45) is 0 Å². The van der Waals surface area contributed by atoms with Crippen molar-refractivity contribution in [3.05, 3.63) is 48.0 Å². The van der Waals surface area contributed by atoms with Crippen molar-refractivity contribution >= 4 is 16.9 Å². The summed E-state index contributed by atoms with van der Waals surface area (Å²) in [6.07, 6.45) is 1.55. The highest BCUT2D eigenvalue weighted by Gasteiger charge is 2.14. The number of nitrogens with zero attached hydrogens (tertiary/aromatic N) is 2. The molecule has 0 atom stereocenters. The number of aryl methyl sites for hydroxylation is 1. The van der Waals surface area contributed by atoms with Gasteiger partial charge in [-0.05, 0) is 19.1 Å². The maximum Gasteiger partial charge on any atom is 0.354 e. The second kappa shape index (κ2) is 4.20. The Hall–Kier alpha value is -2.69. The minimum Gasteiger partial charge on any atom is -0.477 e. The van der Waals surface area contributed by atoms with Gasteiger partial charge in [-0.1, -0.05) is 18.2 Å². The average molecular weight is 254 g/mol. The lowest BCUT2D eigenvalue weighted by molar-refractivity contribution is 0.0690. The van der Waals surface area contributed by atoms with Gasteiger partial charge >= 0.3 is 5.97 Å². The molecule has 0 aliphatic heterocycles. The zero-order chi connectivity index (χ0) is 13.4. The second-order valence-corrected chi connectivity index (χ2v) is 4.17. The van der Waals surface area contributed by atoms with Gasteiger partial charge in [-0.3, -0.25) is 0 Å².